The highest BCUT2D eigenvalue weighted by Gasteiger charge is 2.18. The van der Waals surface area contributed by atoms with E-state index in [0.29, 0.717) is 5.56 Å². The number of amides is 1. The van der Waals surface area contributed by atoms with Crippen LogP contribution in [0.3, 0.4) is 0 Å². The second-order valence-corrected chi connectivity index (χ2v) is 7.56. The first-order valence-corrected chi connectivity index (χ1v) is 9.39. The van der Waals surface area contributed by atoms with Crippen molar-refractivity contribution in [3.05, 3.63) is 64.9 Å². The Bertz CT molecular complexity index is 858. The first kappa shape index (κ1) is 19.4. The predicted octanol–water partition coefficient (Wildman–Crippen LogP) is 2.81. The molecule has 0 saturated carbocycles. The molecule has 1 amide bonds. The summed E-state index contributed by atoms with van der Waals surface area (Å²) in [4.78, 5) is 13.4. The molecule has 0 atom stereocenters. The molecule has 1 N–H and O–H groups in total. The van der Waals surface area contributed by atoms with Gasteiger partial charge < -0.3 is 4.90 Å². The van der Waals surface area contributed by atoms with Crippen molar-refractivity contribution >= 4 is 27.5 Å². The van der Waals surface area contributed by atoms with Gasteiger partial charge in [-0.05, 0) is 18.2 Å². The lowest BCUT2D eigenvalue weighted by molar-refractivity contribution is -0.130. The van der Waals surface area contributed by atoms with Crippen molar-refractivity contribution in [3.8, 4) is 0 Å². The Morgan fingerprint density at radius 1 is 1.16 bits per heavy atom. The van der Waals surface area contributed by atoms with E-state index in [0.717, 1.165) is 0 Å². The van der Waals surface area contributed by atoms with Crippen molar-refractivity contribution < 1.29 is 17.6 Å². The Labute approximate surface area is 151 Å². The van der Waals surface area contributed by atoms with E-state index in [1.165, 1.54) is 30.1 Å². The number of sulfonamides is 1. The molecular formula is C17H18ClFN2O3S. The van der Waals surface area contributed by atoms with Crippen LogP contribution in [0.4, 0.5) is 4.39 Å². The molecule has 25 heavy (non-hydrogen) atoms. The van der Waals surface area contributed by atoms with E-state index in [2.05, 4.69) is 4.72 Å². The molecular weight excluding hydrogens is 367 g/mol. The maximum atomic E-state index is 13.6. The number of benzene rings is 2. The van der Waals surface area contributed by atoms with Crippen LogP contribution >= 0.6 is 11.6 Å². The van der Waals surface area contributed by atoms with Crippen LogP contribution in [-0.2, 0) is 21.4 Å². The SMILES string of the molecule is CN(Cc1ccccc1F)C(=O)CCNS(=O)(=O)c1ccccc1Cl. The van der Waals surface area contributed by atoms with Crippen LogP contribution in [0.5, 0.6) is 0 Å². The number of nitrogens with one attached hydrogen (secondary N) is 1. The molecule has 0 aliphatic rings. The highest BCUT2D eigenvalue weighted by Crippen LogP contribution is 2.20. The second kappa shape index (κ2) is 8.42. The summed E-state index contributed by atoms with van der Waals surface area (Å²) in [7, 11) is -2.25. The molecule has 0 aliphatic carbocycles. The largest absolute Gasteiger partial charge is 0.341 e. The zero-order valence-electron chi connectivity index (χ0n) is 13.6. The van der Waals surface area contributed by atoms with Crippen LogP contribution in [0.1, 0.15) is 12.0 Å². The molecule has 0 spiro atoms. The molecule has 5 nitrogen and oxygen atoms in total. The van der Waals surface area contributed by atoms with Crippen molar-refractivity contribution in [2.75, 3.05) is 13.6 Å². The van der Waals surface area contributed by atoms with Gasteiger partial charge in [0.25, 0.3) is 0 Å². The molecule has 0 unspecified atom stereocenters. The fraction of sp³-hybridized carbons (Fsp3) is 0.235. The average molecular weight is 385 g/mol. The highest BCUT2D eigenvalue weighted by atomic mass is 35.5. The first-order valence-electron chi connectivity index (χ1n) is 7.53. The molecule has 2 rings (SSSR count). The molecule has 0 heterocycles. The number of hydrogen-bond acceptors (Lipinski definition) is 3. The van der Waals surface area contributed by atoms with E-state index >= 15 is 0 Å². The van der Waals surface area contributed by atoms with E-state index in [4.69, 9.17) is 11.6 Å². The van der Waals surface area contributed by atoms with Gasteiger partial charge in [0, 0.05) is 32.1 Å². The summed E-state index contributed by atoms with van der Waals surface area (Å²) in [6.45, 7) is 0.0385. The Morgan fingerprint density at radius 3 is 2.48 bits per heavy atom. The van der Waals surface area contributed by atoms with E-state index < -0.39 is 10.0 Å². The third-order valence-electron chi connectivity index (χ3n) is 3.55. The van der Waals surface area contributed by atoms with Crippen LogP contribution in [0.2, 0.25) is 5.02 Å². The van der Waals surface area contributed by atoms with Crippen LogP contribution < -0.4 is 4.72 Å². The Balaban J connectivity index is 1.90. The quantitative estimate of drug-likeness (QED) is 0.798. The van der Waals surface area contributed by atoms with Gasteiger partial charge in [-0.2, -0.15) is 0 Å². The lowest BCUT2D eigenvalue weighted by Gasteiger charge is -2.18. The van der Waals surface area contributed by atoms with Gasteiger partial charge in [-0.15, -0.1) is 0 Å². The standard InChI is InChI=1S/C17H18ClFN2O3S/c1-21(12-13-6-2-4-8-15(13)19)17(22)10-11-20-25(23,24)16-9-5-3-7-14(16)18/h2-9,20H,10-12H2,1H3. The predicted molar refractivity (Wildman–Crippen MR) is 94.1 cm³/mol. The molecule has 8 heteroatoms. The summed E-state index contributed by atoms with van der Waals surface area (Å²) in [5, 5.41) is 0.109. The van der Waals surface area contributed by atoms with Gasteiger partial charge >= 0.3 is 0 Å². The number of nitrogens with zero attached hydrogens (tertiary/aromatic N) is 1. The lowest BCUT2D eigenvalue weighted by Crippen LogP contribution is -2.32. The van der Waals surface area contributed by atoms with Gasteiger partial charge in [0.1, 0.15) is 10.7 Å². The minimum atomic E-state index is -3.79. The average Bonchev–Trinajstić information content (AvgIpc) is 2.56. The number of carbonyl (C=O) groups excluding carboxylic acids is 1. The topological polar surface area (TPSA) is 66.5 Å². The highest BCUT2D eigenvalue weighted by molar-refractivity contribution is 7.89. The maximum Gasteiger partial charge on any atom is 0.242 e. The summed E-state index contributed by atoms with van der Waals surface area (Å²) in [6, 6.07) is 12.2. The normalized spacial score (nSPS) is 11.3. The molecule has 0 radical (unpaired) electrons. The monoisotopic (exact) mass is 384 g/mol. The molecule has 2 aromatic rings. The molecule has 2 aromatic carbocycles. The summed E-state index contributed by atoms with van der Waals surface area (Å²) in [5.74, 6) is -0.688. The van der Waals surface area contributed by atoms with Crippen molar-refractivity contribution in [1.82, 2.24) is 9.62 Å². The third kappa shape index (κ3) is 5.26. The number of rotatable bonds is 7. The zero-order chi connectivity index (χ0) is 18.4. The van der Waals surface area contributed by atoms with Gasteiger partial charge in [-0.25, -0.2) is 17.5 Å². The van der Waals surface area contributed by atoms with E-state index in [1.807, 2.05) is 0 Å². The van der Waals surface area contributed by atoms with Gasteiger partial charge in [0.2, 0.25) is 15.9 Å². The summed E-state index contributed by atoms with van der Waals surface area (Å²) in [5.41, 5.74) is 0.398. The second-order valence-electron chi connectivity index (χ2n) is 5.42. The summed E-state index contributed by atoms with van der Waals surface area (Å²) >= 11 is 5.88. The van der Waals surface area contributed by atoms with Gasteiger partial charge in [0.05, 0.1) is 5.02 Å². The van der Waals surface area contributed by atoms with Crippen molar-refractivity contribution in [3.63, 3.8) is 0 Å². The van der Waals surface area contributed by atoms with E-state index in [9.17, 15) is 17.6 Å². The first-order chi connectivity index (χ1) is 11.8. The lowest BCUT2D eigenvalue weighted by atomic mass is 10.2. The summed E-state index contributed by atoms with van der Waals surface area (Å²) in [6.07, 6.45) is -0.0470. The minimum absolute atomic E-state index is 0.0381. The smallest absolute Gasteiger partial charge is 0.242 e. The molecule has 0 fully saturated rings. The van der Waals surface area contributed by atoms with Gasteiger partial charge in [-0.3, -0.25) is 4.79 Å². The van der Waals surface area contributed by atoms with Gasteiger partial charge in [-0.1, -0.05) is 41.9 Å². The van der Waals surface area contributed by atoms with Crippen LogP contribution in [0.25, 0.3) is 0 Å². The third-order valence-corrected chi connectivity index (χ3v) is 5.51. The summed E-state index contributed by atoms with van der Waals surface area (Å²) < 4.78 is 40.3. The van der Waals surface area contributed by atoms with Crippen LogP contribution in [0, 0.1) is 5.82 Å². The minimum Gasteiger partial charge on any atom is -0.341 e. The molecule has 0 saturated heterocycles. The fourth-order valence-corrected chi connectivity index (χ4v) is 3.74. The van der Waals surface area contributed by atoms with Gasteiger partial charge in [0.15, 0.2) is 0 Å². The number of carbonyl (C=O) groups is 1. The zero-order valence-corrected chi connectivity index (χ0v) is 15.1. The Hall–Kier alpha value is -1.96. The molecule has 0 aliphatic heterocycles. The van der Waals surface area contributed by atoms with Crippen molar-refractivity contribution in [1.29, 1.82) is 0 Å². The number of hydrogen-bond donors (Lipinski definition) is 1. The van der Waals surface area contributed by atoms with E-state index in [-0.39, 0.29) is 41.2 Å². The van der Waals surface area contributed by atoms with Crippen molar-refractivity contribution in [2.45, 2.75) is 17.9 Å². The Morgan fingerprint density at radius 2 is 1.80 bits per heavy atom. The van der Waals surface area contributed by atoms with E-state index in [1.54, 1.807) is 30.3 Å². The Kier molecular flexibility index (Phi) is 6.52. The van der Waals surface area contributed by atoms with Crippen LogP contribution in [-0.4, -0.2) is 32.8 Å². The number of halogens is 2. The van der Waals surface area contributed by atoms with Crippen LogP contribution in [0.15, 0.2) is 53.4 Å². The molecule has 134 valence electrons. The molecule has 0 aromatic heterocycles. The molecule has 0 bridgehead atoms. The van der Waals surface area contributed by atoms with Crippen molar-refractivity contribution in [2.24, 2.45) is 0 Å². The maximum absolute atomic E-state index is 13.6. The fourth-order valence-electron chi connectivity index (χ4n) is 2.19.